The number of ether oxygens (including phenoxy) is 1. The molecule has 0 saturated heterocycles. The molecule has 1 atom stereocenters. The van der Waals surface area contributed by atoms with Crippen LogP contribution in [0.3, 0.4) is 0 Å². The van der Waals surface area contributed by atoms with Gasteiger partial charge in [0.2, 0.25) is 5.91 Å². The fraction of sp³-hybridized carbons (Fsp3) is 0.150. The lowest BCUT2D eigenvalue weighted by Gasteiger charge is -2.23. The minimum absolute atomic E-state index is 0.0180. The summed E-state index contributed by atoms with van der Waals surface area (Å²) in [6.07, 6.45) is 0.0180. The molecule has 6 nitrogen and oxygen atoms in total. The molecule has 28 heavy (non-hydrogen) atoms. The highest BCUT2D eigenvalue weighted by atomic mass is 32.2. The van der Waals surface area contributed by atoms with Crippen molar-refractivity contribution in [2.45, 2.75) is 23.2 Å². The van der Waals surface area contributed by atoms with Crippen molar-refractivity contribution >= 4 is 51.5 Å². The number of nitrogens with zero attached hydrogens (tertiary/aromatic N) is 1. The SMILES string of the molecule is O=C(CC1Sc2ccccc2NC1=O)OCc1csc(Nc2ccccc2)n1. The Balaban J connectivity index is 1.29. The quantitative estimate of drug-likeness (QED) is 0.584. The number of anilines is 3. The van der Waals surface area contributed by atoms with E-state index >= 15 is 0 Å². The van der Waals surface area contributed by atoms with Gasteiger partial charge in [0, 0.05) is 16.0 Å². The first-order valence-corrected chi connectivity index (χ1v) is 10.4. The Morgan fingerprint density at radius 2 is 1.93 bits per heavy atom. The van der Waals surface area contributed by atoms with Gasteiger partial charge >= 0.3 is 5.97 Å². The van der Waals surface area contributed by atoms with Crippen LogP contribution in [0.25, 0.3) is 0 Å². The Bertz CT molecular complexity index is 991. The van der Waals surface area contributed by atoms with Gasteiger partial charge in [-0.25, -0.2) is 4.98 Å². The van der Waals surface area contributed by atoms with E-state index in [0.717, 1.165) is 21.4 Å². The standard InChI is InChI=1S/C20H17N3O3S2/c24-18(10-17-19(25)23-15-8-4-5-9-16(15)28-17)26-11-14-12-27-20(22-14)21-13-6-2-1-3-7-13/h1-9,12,17H,10-11H2,(H,21,22)(H,23,25). The van der Waals surface area contributed by atoms with Gasteiger partial charge in [0.1, 0.15) is 6.61 Å². The van der Waals surface area contributed by atoms with Crippen LogP contribution in [-0.4, -0.2) is 22.1 Å². The first-order chi connectivity index (χ1) is 13.7. The number of hydrogen-bond acceptors (Lipinski definition) is 7. The lowest BCUT2D eigenvalue weighted by molar-refractivity contribution is -0.145. The number of nitrogens with one attached hydrogen (secondary N) is 2. The Morgan fingerprint density at radius 3 is 2.79 bits per heavy atom. The summed E-state index contributed by atoms with van der Waals surface area (Å²) in [6.45, 7) is 0.0847. The lowest BCUT2D eigenvalue weighted by Crippen LogP contribution is -2.31. The van der Waals surface area contributed by atoms with Crippen LogP contribution >= 0.6 is 23.1 Å². The predicted octanol–water partition coefficient (Wildman–Crippen LogP) is 4.43. The molecule has 0 bridgehead atoms. The molecule has 2 aromatic carbocycles. The first-order valence-electron chi connectivity index (χ1n) is 8.66. The average Bonchev–Trinajstić information content (AvgIpc) is 3.15. The topological polar surface area (TPSA) is 80.3 Å². The van der Waals surface area contributed by atoms with Crippen LogP contribution in [0.4, 0.5) is 16.5 Å². The fourth-order valence-corrected chi connectivity index (χ4v) is 4.48. The van der Waals surface area contributed by atoms with Crippen LogP contribution in [0.15, 0.2) is 64.9 Å². The summed E-state index contributed by atoms with van der Waals surface area (Å²) in [6, 6.07) is 17.3. The molecule has 0 saturated carbocycles. The molecule has 0 fully saturated rings. The second-order valence-corrected chi connectivity index (χ2v) is 8.19. The zero-order chi connectivity index (χ0) is 19.3. The summed E-state index contributed by atoms with van der Waals surface area (Å²) >= 11 is 2.83. The summed E-state index contributed by atoms with van der Waals surface area (Å²) in [5.41, 5.74) is 2.40. The predicted molar refractivity (Wildman–Crippen MR) is 111 cm³/mol. The number of rotatable bonds is 6. The fourth-order valence-electron chi connectivity index (χ4n) is 2.67. The van der Waals surface area contributed by atoms with E-state index in [-0.39, 0.29) is 18.9 Å². The molecule has 142 valence electrons. The third-order valence-electron chi connectivity index (χ3n) is 4.02. The van der Waals surface area contributed by atoms with Crippen LogP contribution in [0.1, 0.15) is 12.1 Å². The molecule has 0 aliphatic carbocycles. The van der Waals surface area contributed by atoms with Crippen molar-refractivity contribution in [3.8, 4) is 0 Å². The van der Waals surface area contributed by atoms with Gasteiger partial charge in [-0.1, -0.05) is 30.3 Å². The van der Waals surface area contributed by atoms with Crippen molar-refractivity contribution < 1.29 is 14.3 Å². The van der Waals surface area contributed by atoms with E-state index in [1.165, 1.54) is 23.1 Å². The van der Waals surface area contributed by atoms with E-state index < -0.39 is 11.2 Å². The number of carbonyl (C=O) groups is 2. The summed E-state index contributed by atoms with van der Waals surface area (Å²) in [4.78, 5) is 29.7. The summed E-state index contributed by atoms with van der Waals surface area (Å²) < 4.78 is 5.31. The minimum atomic E-state index is -0.492. The summed E-state index contributed by atoms with van der Waals surface area (Å²) in [5, 5.41) is 8.12. The van der Waals surface area contributed by atoms with E-state index in [4.69, 9.17) is 4.74 Å². The highest BCUT2D eigenvalue weighted by molar-refractivity contribution is 8.01. The van der Waals surface area contributed by atoms with Crippen molar-refractivity contribution in [2.24, 2.45) is 0 Å². The van der Waals surface area contributed by atoms with E-state index in [1.54, 1.807) is 0 Å². The van der Waals surface area contributed by atoms with Gasteiger partial charge in [-0.15, -0.1) is 23.1 Å². The molecule has 0 spiro atoms. The molecule has 1 aliphatic rings. The molecule has 2 heterocycles. The molecule has 8 heteroatoms. The Kier molecular flexibility index (Phi) is 5.59. The first kappa shape index (κ1) is 18.5. The molecule has 2 N–H and O–H groups in total. The number of amides is 1. The Labute approximate surface area is 170 Å². The monoisotopic (exact) mass is 411 g/mol. The zero-order valence-corrected chi connectivity index (χ0v) is 16.4. The normalized spacial score (nSPS) is 15.4. The number of hydrogen-bond donors (Lipinski definition) is 2. The van der Waals surface area contributed by atoms with Crippen LogP contribution in [-0.2, 0) is 20.9 Å². The van der Waals surface area contributed by atoms with Crippen molar-refractivity contribution in [3.63, 3.8) is 0 Å². The molecular formula is C20H17N3O3S2. The molecule has 1 aliphatic heterocycles. The van der Waals surface area contributed by atoms with Crippen molar-refractivity contribution in [1.82, 2.24) is 4.98 Å². The van der Waals surface area contributed by atoms with Gasteiger partial charge in [-0.2, -0.15) is 0 Å². The number of benzene rings is 2. The smallest absolute Gasteiger partial charge is 0.307 e. The van der Waals surface area contributed by atoms with Crippen LogP contribution in [0.2, 0.25) is 0 Å². The number of aromatic nitrogens is 1. The molecule has 1 aromatic heterocycles. The maximum atomic E-state index is 12.2. The average molecular weight is 412 g/mol. The number of esters is 1. The van der Waals surface area contributed by atoms with Gasteiger partial charge in [-0.05, 0) is 24.3 Å². The maximum Gasteiger partial charge on any atom is 0.307 e. The maximum absolute atomic E-state index is 12.2. The van der Waals surface area contributed by atoms with Crippen LogP contribution in [0, 0.1) is 0 Å². The highest BCUT2D eigenvalue weighted by Gasteiger charge is 2.29. The molecule has 3 aromatic rings. The number of thioether (sulfide) groups is 1. The third-order valence-corrected chi connectivity index (χ3v) is 6.10. The van der Waals surface area contributed by atoms with Gasteiger partial charge in [0.05, 0.1) is 23.1 Å². The molecule has 4 rings (SSSR count). The highest BCUT2D eigenvalue weighted by Crippen LogP contribution is 2.36. The molecule has 0 radical (unpaired) electrons. The van der Waals surface area contributed by atoms with E-state index in [0.29, 0.717) is 5.69 Å². The lowest BCUT2D eigenvalue weighted by atomic mass is 10.2. The van der Waals surface area contributed by atoms with Crippen molar-refractivity contribution in [3.05, 3.63) is 65.7 Å². The number of para-hydroxylation sites is 2. The second kappa shape index (κ2) is 8.45. The zero-order valence-electron chi connectivity index (χ0n) is 14.8. The largest absolute Gasteiger partial charge is 0.459 e. The second-order valence-electron chi connectivity index (χ2n) is 6.09. The molecule has 1 amide bonds. The van der Waals surface area contributed by atoms with Gasteiger partial charge in [-0.3, -0.25) is 9.59 Å². The molecule has 1 unspecified atom stereocenters. The van der Waals surface area contributed by atoms with Gasteiger partial charge < -0.3 is 15.4 Å². The number of thiazole rings is 1. The Hall–Kier alpha value is -2.84. The third kappa shape index (κ3) is 4.52. The van der Waals surface area contributed by atoms with Crippen molar-refractivity contribution in [1.29, 1.82) is 0 Å². The van der Waals surface area contributed by atoms with Gasteiger partial charge in [0.25, 0.3) is 0 Å². The minimum Gasteiger partial charge on any atom is -0.459 e. The van der Waals surface area contributed by atoms with E-state index in [9.17, 15) is 9.59 Å². The summed E-state index contributed by atoms with van der Waals surface area (Å²) in [7, 11) is 0. The van der Waals surface area contributed by atoms with Crippen molar-refractivity contribution in [2.75, 3.05) is 10.6 Å². The van der Waals surface area contributed by atoms with E-state index in [2.05, 4.69) is 15.6 Å². The number of fused-ring (bicyclic) bond motifs is 1. The van der Waals surface area contributed by atoms with E-state index in [1.807, 2.05) is 60.0 Å². The Morgan fingerprint density at radius 1 is 1.14 bits per heavy atom. The molecular weight excluding hydrogens is 394 g/mol. The summed E-state index contributed by atoms with van der Waals surface area (Å²) in [5.74, 6) is -0.596. The van der Waals surface area contributed by atoms with Crippen LogP contribution in [0.5, 0.6) is 0 Å². The van der Waals surface area contributed by atoms with Gasteiger partial charge in [0.15, 0.2) is 5.13 Å². The van der Waals surface area contributed by atoms with Crippen LogP contribution < -0.4 is 10.6 Å². The number of carbonyl (C=O) groups excluding carboxylic acids is 2.